The second kappa shape index (κ2) is 6.46. The third-order valence-corrected chi connectivity index (χ3v) is 4.62. The number of nitro groups is 1. The van der Waals surface area contributed by atoms with Gasteiger partial charge in [0.1, 0.15) is 6.54 Å². The number of oxazole rings is 1. The Morgan fingerprint density at radius 2 is 2.17 bits per heavy atom. The first-order valence-corrected chi connectivity index (χ1v) is 8.03. The molecule has 1 saturated carbocycles. The predicted octanol–water partition coefficient (Wildman–Crippen LogP) is 2.20. The van der Waals surface area contributed by atoms with E-state index in [1.807, 2.05) is 0 Å². The molecule has 1 fully saturated rings. The molecule has 2 aromatic rings. The summed E-state index contributed by atoms with van der Waals surface area (Å²) in [5, 5.41) is 13.8. The van der Waals surface area contributed by atoms with E-state index in [0.29, 0.717) is 11.4 Å². The van der Waals surface area contributed by atoms with Crippen LogP contribution in [-0.4, -0.2) is 21.4 Å². The van der Waals surface area contributed by atoms with Crippen molar-refractivity contribution in [3.05, 3.63) is 38.9 Å². The van der Waals surface area contributed by atoms with Gasteiger partial charge in [0.25, 0.3) is 5.69 Å². The summed E-state index contributed by atoms with van der Waals surface area (Å²) < 4.78 is 6.22. The number of amides is 1. The van der Waals surface area contributed by atoms with Crippen LogP contribution in [0.2, 0.25) is 0 Å². The maximum Gasteiger partial charge on any atom is 0.420 e. The quantitative estimate of drug-likeness (QED) is 0.681. The highest BCUT2D eigenvalue weighted by atomic mass is 16.6. The molecule has 1 N–H and O–H groups in total. The minimum Gasteiger partial charge on any atom is -0.407 e. The van der Waals surface area contributed by atoms with E-state index in [1.54, 1.807) is 0 Å². The lowest BCUT2D eigenvalue weighted by molar-refractivity contribution is -0.384. The van der Waals surface area contributed by atoms with Crippen molar-refractivity contribution in [1.82, 2.24) is 9.88 Å². The van der Waals surface area contributed by atoms with Crippen LogP contribution in [0, 0.1) is 16.0 Å². The van der Waals surface area contributed by atoms with E-state index in [4.69, 9.17) is 4.42 Å². The summed E-state index contributed by atoms with van der Waals surface area (Å²) in [6.07, 6.45) is 4.30. The molecule has 2 atom stereocenters. The molecule has 8 nitrogen and oxygen atoms in total. The minimum atomic E-state index is -0.697. The summed E-state index contributed by atoms with van der Waals surface area (Å²) in [7, 11) is 0. The largest absolute Gasteiger partial charge is 0.420 e. The molecule has 1 aliphatic rings. The van der Waals surface area contributed by atoms with Crippen molar-refractivity contribution in [3.63, 3.8) is 0 Å². The van der Waals surface area contributed by atoms with Gasteiger partial charge in [0.05, 0.1) is 16.5 Å². The second-order valence-electron chi connectivity index (χ2n) is 6.30. The molecule has 0 spiro atoms. The van der Waals surface area contributed by atoms with Gasteiger partial charge in [-0.05, 0) is 24.8 Å². The first-order valence-electron chi connectivity index (χ1n) is 8.03. The number of nitrogens with one attached hydrogen (secondary N) is 1. The Balaban J connectivity index is 1.79. The topological polar surface area (TPSA) is 107 Å². The molecule has 1 aromatic heterocycles. The molecular weight excluding hydrogens is 314 g/mol. The summed E-state index contributed by atoms with van der Waals surface area (Å²) >= 11 is 0. The summed E-state index contributed by atoms with van der Waals surface area (Å²) in [6.45, 7) is 1.95. The Morgan fingerprint density at radius 3 is 2.88 bits per heavy atom. The number of hydrogen-bond donors (Lipinski definition) is 1. The highest BCUT2D eigenvalue weighted by molar-refractivity contribution is 5.80. The van der Waals surface area contributed by atoms with Crippen LogP contribution in [0.25, 0.3) is 11.1 Å². The van der Waals surface area contributed by atoms with Crippen LogP contribution in [0.15, 0.2) is 27.4 Å². The van der Waals surface area contributed by atoms with E-state index >= 15 is 0 Å². The van der Waals surface area contributed by atoms with Gasteiger partial charge in [-0.2, -0.15) is 0 Å². The Labute approximate surface area is 137 Å². The summed E-state index contributed by atoms with van der Waals surface area (Å²) in [4.78, 5) is 34.5. The highest BCUT2D eigenvalue weighted by Crippen LogP contribution is 2.24. The van der Waals surface area contributed by atoms with Crippen molar-refractivity contribution in [2.75, 3.05) is 0 Å². The molecule has 0 saturated heterocycles. The van der Waals surface area contributed by atoms with E-state index in [-0.39, 0.29) is 29.8 Å². The predicted molar refractivity (Wildman–Crippen MR) is 86.7 cm³/mol. The van der Waals surface area contributed by atoms with E-state index < -0.39 is 10.7 Å². The fourth-order valence-electron chi connectivity index (χ4n) is 3.25. The first kappa shape index (κ1) is 16.2. The third kappa shape index (κ3) is 3.17. The van der Waals surface area contributed by atoms with Gasteiger partial charge >= 0.3 is 5.76 Å². The summed E-state index contributed by atoms with van der Waals surface area (Å²) in [5.74, 6) is -0.530. The number of carbonyl (C=O) groups excluding carboxylic acids is 1. The molecule has 24 heavy (non-hydrogen) atoms. The number of hydrogen-bond acceptors (Lipinski definition) is 5. The normalized spacial score (nSPS) is 20.9. The van der Waals surface area contributed by atoms with E-state index in [9.17, 15) is 19.7 Å². The molecular formula is C16H19N3O5. The number of rotatable bonds is 4. The van der Waals surface area contributed by atoms with E-state index in [2.05, 4.69) is 12.2 Å². The zero-order chi connectivity index (χ0) is 17.3. The number of non-ortho nitro benzene ring substituents is 1. The minimum absolute atomic E-state index is 0.105. The maximum atomic E-state index is 12.3. The van der Waals surface area contributed by atoms with Gasteiger partial charge in [0, 0.05) is 12.1 Å². The van der Waals surface area contributed by atoms with Crippen LogP contribution in [0.4, 0.5) is 5.69 Å². The van der Waals surface area contributed by atoms with Gasteiger partial charge in [0.15, 0.2) is 5.58 Å². The number of fused-ring (bicyclic) bond motifs is 1. The smallest absolute Gasteiger partial charge is 0.407 e. The number of nitro benzene ring substituents is 1. The van der Waals surface area contributed by atoms with Crippen LogP contribution in [-0.2, 0) is 11.3 Å². The molecule has 0 aliphatic heterocycles. The second-order valence-corrected chi connectivity index (χ2v) is 6.30. The molecule has 0 unspecified atom stereocenters. The zero-order valence-corrected chi connectivity index (χ0v) is 13.4. The van der Waals surface area contributed by atoms with Gasteiger partial charge < -0.3 is 9.73 Å². The Kier molecular flexibility index (Phi) is 4.37. The lowest BCUT2D eigenvalue weighted by Crippen LogP contribution is -2.43. The lowest BCUT2D eigenvalue weighted by Gasteiger charge is -2.29. The van der Waals surface area contributed by atoms with Crippen LogP contribution in [0.5, 0.6) is 0 Å². The van der Waals surface area contributed by atoms with Crippen molar-refractivity contribution in [2.24, 2.45) is 5.92 Å². The molecule has 1 amide bonds. The van der Waals surface area contributed by atoms with Gasteiger partial charge in [-0.15, -0.1) is 0 Å². The third-order valence-electron chi connectivity index (χ3n) is 4.62. The fourth-order valence-corrected chi connectivity index (χ4v) is 3.25. The van der Waals surface area contributed by atoms with Gasteiger partial charge in [-0.3, -0.25) is 19.5 Å². The molecule has 0 radical (unpaired) electrons. The average Bonchev–Trinajstić information content (AvgIpc) is 2.84. The van der Waals surface area contributed by atoms with Crippen LogP contribution in [0.3, 0.4) is 0 Å². The first-order chi connectivity index (χ1) is 11.5. The molecule has 3 rings (SSSR count). The average molecular weight is 333 g/mol. The van der Waals surface area contributed by atoms with E-state index in [0.717, 1.165) is 19.3 Å². The molecule has 0 bridgehead atoms. The Hall–Kier alpha value is -2.64. The van der Waals surface area contributed by atoms with Crippen molar-refractivity contribution in [1.29, 1.82) is 0 Å². The van der Waals surface area contributed by atoms with Crippen LogP contribution in [0.1, 0.15) is 32.6 Å². The molecule has 1 aromatic carbocycles. The summed E-state index contributed by atoms with van der Waals surface area (Å²) in [5.41, 5.74) is 0.314. The number of carbonyl (C=O) groups is 1. The maximum absolute atomic E-state index is 12.3. The molecule has 1 aliphatic carbocycles. The van der Waals surface area contributed by atoms with Crippen molar-refractivity contribution >= 4 is 22.7 Å². The van der Waals surface area contributed by atoms with Crippen molar-refractivity contribution in [3.8, 4) is 0 Å². The standard InChI is InChI=1S/C16H19N3O5/c1-10-4-2-3-5-12(10)17-15(20)9-18-13-7-6-11(19(22)23)8-14(13)24-16(18)21/h6-8,10,12H,2-5,9H2,1H3,(H,17,20)/t10-,12-/m1/s1. The molecule has 1 heterocycles. The monoisotopic (exact) mass is 333 g/mol. The highest BCUT2D eigenvalue weighted by Gasteiger charge is 2.23. The van der Waals surface area contributed by atoms with E-state index in [1.165, 1.54) is 29.2 Å². The SMILES string of the molecule is C[C@@H]1CCCC[C@H]1NC(=O)Cn1c(=O)oc2cc([N+](=O)[O-])ccc21. The van der Waals surface area contributed by atoms with Gasteiger partial charge in [-0.25, -0.2) is 4.79 Å². The van der Waals surface area contributed by atoms with Crippen LogP contribution >= 0.6 is 0 Å². The Bertz CT molecular complexity index is 838. The van der Waals surface area contributed by atoms with Gasteiger partial charge in [-0.1, -0.05) is 19.8 Å². The zero-order valence-electron chi connectivity index (χ0n) is 13.4. The summed E-state index contributed by atoms with van der Waals surface area (Å²) in [6, 6.07) is 4.03. The van der Waals surface area contributed by atoms with Crippen LogP contribution < -0.4 is 11.1 Å². The lowest BCUT2D eigenvalue weighted by atomic mass is 9.86. The van der Waals surface area contributed by atoms with Crippen molar-refractivity contribution < 1.29 is 14.1 Å². The molecule has 8 heteroatoms. The Morgan fingerprint density at radius 1 is 1.42 bits per heavy atom. The fraction of sp³-hybridized carbons (Fsp3) is 0.500. The molecule has 128 valence electrons. The van der Waals surface area contributed by atoms with Gasteiger partial charge in [0.2, 0.25) is 5.91 Å². The number of nitrogens with zero attached hydrogens (tertiary/aromatic N) is 2. The number of benzene rings is 1. The number of aromatic nitrogens is 1. The van der Waals surface area contributed by atoms with Crippen molar-refractivity contribution in [2.45, 2.75) is 45.2 Å².